The first-order valence-electron chi connectivity index (χ1n) is 6.86. The third-order valence-corrected chi connectivity index (χ3v) is 3.28. The van der Waals surface area contributed by atoms with Gasteiger partial charge < -0.3 is 15.2 Å². The summed E-state index contributed by atoms with van der Waals surface area (Å²) < 4.78 is 2.21. The van der Waals surface area contributed by atoms with Crippen molar-refractivity contribution in [3.05, 3.63) is 47.8 Å². The van der Waals surface area contributed by atoms with Gasteiger partial charge in [-0.25, -0.2) is 0 Å². The van der Waals surface area contributed by atoms with Gasteiger partial charge in [0.25, 0.3) is 0 Å². The lowest BCUT2D eigenvalue weighted by Gasteiger charge is -2.13. The second kappa shape index (κ2) is 6.28. The van der Waals surface area contributed by atoms with Gasteiger partial charge in [0.1, 0.15) is 0 Å². The Kier molecular flexibility index (Phi) is 4.45. The summed E-state index contributed by atoms with van der Waals surface area (Å²) in [5.74, 6) is -0.0559. The van der Waals surface area contributed by atoms with Gasteiger partial charge in [-0.3, -0.25) is 4.79 Å². The fourth-order valence-corrected chi connectivity index (χ4v) is 2.20. The molecule has 2 aromatic rings. The molecular formula is C16H21N3O. The Morgan fingerprint density at radius 3 is 2.80 bits per heavy atom. The largest absolute Gasteiger partial charge is 0.379 e. The maximum atomic E-state index is 11.1. The lowest BCUT2D eigenvalue weighted by molar-refractivity contribution is -0.114. The predicted molar refractivity (Wildman–Crippen MR) is 82.9 cm³/mol. The molecule has 20 heavy (non-hydrogen) atoms. The molecule has 0 aliphatic rings. The van der Waals surface area contributed by atoms with Crippen LogP contribution < -0.4 is 10.6 Å². The molecule has 2 rings (SSSR count). The Labute approximate surface area is 119 Å². The summed E-state index contributed by atoms with van der Waals surface area (Å²) in [6.07, 6.45) is 2.08. The van der Waals surface area contributed by atoms with Gasteiger partial charge in [0.05, 0.1) is 6.54 Å². The molecule has 4 heteroatoms. The third kappa shape index (κ3) is 3.41. The quantitative estimate of drug-likeness (QED) is 0.875. The van der Waals surface area contributed by atoms with Crippen LogP contribution in [0.4, 0.5) is 11.4 Å². The van der Waals surface area contributed by atoms with Crippen LogP contribution in [0.5, 0.6) is 0 Å². The van der Waals surface area contributed by atoms with E-state index in [-0.39, 0.29) is 5.91 Å². The van der Waals surface area contributed by atoms with E-state index >= 15 is 0 Å². The lowest BCUT2D eigenvalue weighted by atomic mass is 10.1. The summed E-state index contributed by atoms with van der Waals surface area (Å²) in [5, 5.41) is 6.24. The van der Waals surface area contributed by atoms with Crippen molar-refractivity contribution in [3.8, 4) is 0 Å². The average Bonchev–Trinajstić information content (AvgIpc) is 2.86. The molecule has 1 amide bonds. The number of aryl methyl sites for hydroxylation is 2. The molecule has 106 valence electrons. The zero-order chi connectivity index (χ0) is 14.5. The topological polar surface area (TPSA) is 46.1 Å². The molecule has 0 fully saturated rings. The zero-order valence-corrected chi connectivity index (χ0v) is 12.2. The molecule has 4 nitrogen and oxygen atoms in total. The van der Waals surface area contributed by atoms with Crippen LogP contribution in [0.25, 0.3) is 0 Å². The zero-order valence-electron chi connectivity index (χ0n) is 12.2. The fourth-order valence-electron chi connectivity index (χ4n) is 2.20. The third-order valence-electron chi connectivity index (χ3n) is 3.28. The van der Waals surface area contributed by atoms with E-state index < -0.39 is 0 Å². The maximum Gasteiger partial charge on any atom is 0.221 e. The van der Waals surface area contributed by atoms with Gasteiger partial charge in [-0.2, -0.15) is 0 Å². The van der Waals surface area contributed by atoms with Crippen LogP contribution in [0.3, 0.4) is 0 Å². The van der Waals surface area contributed by atoms with Crippen molar-refractivity contribution in [2.45, 2.75) is 33.9 Å². The summed E-state index contributed by atoms with van der Waals surface area (Å²) in [6, 6.07) is 10.1. The first kappa shape index (κ1) is 14.2. The van der Waals surface area contributed by atoms with Gasteiger partial charge in [-0.1, -0.05) is 6.07 Å². The minimum absolute atomic E-state index is 0.0559. The number of carbonyl (C=O) groups excluding carboxylic acids is 1. The molecule has 0 atom stereocenters. The normalized spacial score (nSPS) is 10.3. The van der Waals surface area contributed by atoms with E-state index in [9.17, 15) is 4.79 Å². The Morgan fingerprint density at radius 2 is 2.10 bits per heavy atom. The van der Waals surface area contributed by atoms with Gasteiger partial charge in [0.2, 0.25) is 5.91 Å². The average molecular weight is 271 g/mol. The van der Waals surface area contributed by atoms with Crippen molar-refractivity contribution in [1.82, 2.24) is 4.57 Å². The number of anilines is 2. The molecule has 0 bridgehead atoms. The summed E-state index contributed by atoms with van der Waals surface area (Å²) in [6.45, 7) is 7.44. The smallest absolute Gasteiger partial charge is 0.221 e. The number of hydrogen-bond acceptors (Lipinski definition) is 2. The standard InChI is InChI=1S/C16H21N3O/c1-4-19-9-5-6-15(19)11-17-16-10-14(18-13(3)20)8-7-12(16)2/h5-10,17H,4,11H2,1-3H3,(H,18,20). The molecule has 1 aromatic carbocycles. The van der Waals surface area contributed by atoms with Crippen LogP contribution in [0.15, 0.2) is 36.5 Å². The first-order chi connectivity index (χ1) is 9.60. The van der Waals surface area contributed by atoms with Crippen LogP contribution in [0.2, 0.25) is 0 Å². The Hall–Kier alpha value is -2.23. The number of nitrogens with one attached hydrogen (secondary N) is 2. The van der Waals surface area contributed by atoms with Crippen LogP contribution in [-0.2, 0) is 17.9 Å². The number of hydrogen-bond donors (Lipinski definition) is 2. The molecular weight excluding hydrogens is 250 g/mol. The minimum Gasteiger partial charge on any atom is -0.379 e. The highest BCUT2D eigenvalue weighted by Gasteiger charge is 2.03. The van der Waals surface area contributed by atoms with Crippen LogP contribution in [0.1, 0.15) is 25.1 Å². The molecule has 1 aromatic heterocycles. The Balaban J connectivity index is 2.10. The van der Waals surface area contributed by atoms with E-state index in [1.807, 2.05) is 18.2 Å². The van der Waals surface area contributed by atoms with Gasteiger partial charge in [0, 0.05) is 36.7 Å². The van der Waals surface area contributed by atoms with Crippen molar-refractivity contribution in [1.29, 1.82) is 0 Å². The molecule has 0 aliphatic carbocycles. The van der Waals surface area contributed by atoms with Gasteiger partial charge in [0.15, 0.2) is 0 Å². The monoisotopic (exact) mass is 271 g/mol. The van der Waals surface area contributed by atoms with Crippen molar-refractivity contribution in [2.75, 3.05) is 10.6 Å². The van der Waals surface area contributed by atoms with Gasteiger partial charge in [-0.15, -0.1) is 0 Å². The molecule has 1 heterocycles. The van der Waals surface area contributed by atoms with E-state index in [4.69, 9.17) is 0 Å². The van der Waals surface area contributed by atoms with Crippen LogP contribution in [0, 0.1) is 6.92 Å². The van der Waals surface area contributed by atoms with Crippen molar-refractivity contribution >= 4 is 17.3 Å². The van der Waals surface area contributed by atoms with Gasteiger partial charge in [-0.05, 0) is 43.7 Å². The summed E-state index contributed by atoms with van der Waals surface area (Å²) in [4.78, 5) is 11.1. The van der Waals surface area contributed by atoms with E-state index in [0.29, 0.717) is 0 Å². The summed E-state index contributed by atoms with van der Waals surface area (Å²) in [5.41, 5.74) is 4.27. The predicted octanol–water partition coefficient (Wildman–Crippen LogP) is 3.39. The summed E-state index contributed by atoms with van der Waals surface area (Å²) in [7, 11) is 0. The molecule has 0 aliphatic heterocycles. The Bertz CT molecular complexity index is 602. The lowest BCUT2D eigenvalue weighted by Crippen LogP contribution is -2.09. The molecule has 0 unspecified atom stereocenters. The molecule has 0 spiro atoms. The maximum absolute atomic E-state index is 11.1. The second-order valence-corrected chi connectivity index (χ2v) is 4.85. The van der Waals surface area contributed by atoms with E-state index in [2.05, 4.69) is 47.4 Å². The number of rotatable bonds is 5. The van der Waals surface area contributed by atoms with Crippen molar-refractivity contribution in [3.63, 3.8) is 0 Å². The number of amides is 1. The van der Waals surface area contributed by atoms with E-state index in [1.54, 1.807) is 0 Å². The summed E-state index contributed by atoms with van der Waals surface area (Å²) >= 11 is 0. The second-order valence-electron chi connectivity index (χ2n) is 4.85. The number of carbonyl (C=O) groups is 1. The SMILES string of the molecule is CCn1cccc1CNc1cc(NC(C)=O)ccc1C. The molecule has 0 saturated carbocycles. The number of benzene rings is 1. The van der Waals surface area contributed by atoms with Gasteiger partial charge >= 0.3 is 0 Å². The highest BCUT2D eigenvalue weighted by molar-refractivity contribution is 5.89. The highest BCUT2D eigenvalue weighted by atomic mass is 16.1. The molecule has 2 N–H and O–H groups in total. The minimum atomic E-state index is -0.0559. The molecule has 0 radical (unpaired) electrons. The highest BCUT2D eigenvalue weighted by Crippen LogP contribution is 2.21. The first-order valence-corrected chi connectivity index (χ1v) is 6.86. The van der Waals surface area contributed by atoms with Crippen LogP contribution >= 0.6 is 0 Å². The van der Waals surface area contributed by atoms with E-state index in [0.717, 1.165) is 30.0 Å². The Morgan fingerprint density at radius 1 is 1.30 bits per heavy atom. The van der Waals surface area contributed by atoms with Crippen LogP contribution in [-0.4, -0.2) is 10.5 Å². The van der Waals surface area contributed by atoms with E-state index in [1.165, 1.54) is 12.6 Å². The van der Waals surface area contributed by atoms with Crippen molar-refractivity contribution < 1.29 is 4.79 Å². The molecule has 0 saturated heterocycles. The number of nitrogens with zero attached hydrogens (tertiary/aromatic N) is 1. The van der Waals surface area contributed by atoms with Crippen molar-refractivity contribution in [2.24, 2.45) is 0 Å². The fraction of sp³-hybridized carbons (Fsp3) is 0.312. The number of aromatic nitrogens is 1.